The van der Waals surface area contributed by atoms with E-state index in [2.05, 4.69) is 20.0 Å². The third-order valence-electron chi connectivity index (χ3n) is 6.20. The van der Waals surface area contributed by atoms with Crippen LogP contribution in [0.15, 0.2) is 35.0 Å². The van der Waals surface area contributed by atoms with Gasteiger partial charge in [0.15, 0.2) is 0 Å². The highest BCUT2D eigenvalue weighted by molar-refractivity contribution is 7.20. The molecule has 1 saturated carbocycles. The van der Waals surface area contributed by atoms with E-state index < -0.39 is 0 Å². The molecule has 1 spiro atoms. The number of hydrogen-bond acceptors (Lipinski definition) is 7. The second-order valence-corrected chi connectivity index (χ2v) is 9.44. The fourth-order valence-electron chi connectivity index (χ4n) is 4.44. The second kappa shape index (κ2) is 6.27. The molecule has 9 heteroatoms. The van der Waals surface area contributed by atoms with E-state index in [1.54, 1.807) is 11.3 Å². The van der Waals surface area contributed by atoms with Gasteiger partial charge in [-0.3, -0.25) is 0 Å². The first-order chi connectivity index (χ1) is 14.1. The fourth-order valence-corrected chi connectivity index (χ4v) is 5.61. The maximum absolute atomic E-state index is 6.08. The van der Waals surface area contributed by atoms with E-state index in [9.17, 15) is 0 Å². The number of benzene rings is 1. The van der Waals surface area contributed by atoms with Crippen LogP contribution in [0, 0.1) is 12.3 Å². The molecule has 1 unspecified atom stereocenters. The lowest BCUT2D eigenvalue weighted by Gasteiger charge is -2.32. The molecular formula is C20H19ClN6OS. The van der Waals surface area contributed by atoms with Crippen molar-refractivity contribution in [1.82, 2.24) is 24.7 Å². The van der Waals surface area contributed by atoms with Crippen molar-refractivity contribution in [3.63, 3.8) is 0 Å². The monoisotopic (exact) mass is 426 g/mol. The first-order valence-electron chi connectivity index (χ1n) is 9.77. The predicted octanol–water partition coefficient (Wildman–Crippen LogP) is 4.58. The summed E-state index contributed by atoms with van der Waals surface area (Å²) in [4.78, 5) is 12.5. The van der Waals surface area contributed by atoms with Crippen molar-refractivity contribution >= 4 is 33.0 Å². The van der Waals surface area contributed by atoms with Crippen molar-refractivity contribution < 1.29 is 4.52 Å². The third-order valence-corrected chi connectivity index (χ3v) is 7.41. The molecule has 3 aromatic heterocycles. The van der Waals surface area contributed by atoms with E-state index in [4.69, 9.17) is 21.2 Å². The van der Waals surface area contributed by atoms with Gasteiger partial charge < -0.3 is 9.42 Å². The first kappa shape index (κ1) is 17.4. The van der Waals surface area contributed by atoms with Crippen molar-refractivity contribution in [1.29, 1.82) is 0 Å². The zero-order valence-electron chi connectivity index (χ0n) is 15.9. The minimum absolute atomic E-state index is 0.294. The Balaban J connectivity index is 1.15. The molecule has 0 radical (unpaired) electrons. The molecule has 1 atom stereocenters. The average molecular weight is 427 g/mol. The zero-order valence-corrected chi connectivity index (χ0v) is 17.4. The van der Waals surface area contributed by atoms with Crippen LogP contribution in [0.1, 0.15) is 36.8 Å². The standard InChI is InChI=1S/C20H19ClN6OS/c1-12-11-27-18(22-12)29-19(24-27)26-7-5-20(6-8-26)10-15(20)17-23-16(25-28-17)13-3-2-4-14(21)9-13/h2-4,9,11,15H,5-8,10H2,1H3. The van der Waals surface area contributed by atoms with E-state index in [1.807, 2.05) is 41.9 Å². The van der Waals surface area contributed by atoms with Gasteiger partial charge in [-0.15, -0.1) is 5.10 Å². The van der Waals surface area contributed by atoms with Gasteiger partial charge in [0, 0.05) is 29.6 Å². The number of nitrogens with zero attached hydrogens (tertiary/aromatic N) is 6. The molecule has 0 bridgehead atoms. The van der Waals surface area contributed by atoms with E-state index in [-0.39, 0.29) is 0 Å². The summed E-state index contributed by atoms with van der Waals surface area (Å²) in [5.74, 6) is 1.74. The highest BCUT2D eigenvalue weighted by atomic mass is 35.5. The Hall–Kier alpha value is -2.45. The quantitative estimate of drug-likeness (QED) is 0.477. The Morgan fingerprint density at radius 1 is 1.24 bits per heavy atom. The molecule has 1 aromatic carbocycles. The van der Waals surface area contributed by atoms with Crippen molar-refractivity contribution in [2.75, 3.05) is 18.0 Å². The number of fused-ring (bicyclic) bond motifs is 1. The summed E-state index contributed by atoms with van der Waals surface area (Å²) in [6.45, 7) is 4.00. The maximum atomic E-state index is 6.08. The summed E-state index contributed by atoms with van der Waals surface area (Å²) in [5.41, 5.74) is 2.19. The number of aromatic nitrogens is 5. The van der Waals surface area contributed by atoms with E-state index >= 15 is 0 Å². The van der Waals surface area contributed by atoms with E-state index in [0.717, 1.165) is 59.6 Å². The highest BCUT2D eigenvalue weighted by Gasteiger charge is 2.58. The number of piperidine rings is 1. The Bertz CT molecular complexity index is 1170. The van der Waals surface area contributed by atoms with Gasteiger partial charge >= 0.3 is 0 Å². The Morgan fingerprint density at radius 3 is 2.90 bits per heavy atom. The summed E-state index contributed by atoms with van der Waals surface area (Å²) in [7, 11) is 0. The van der Waals surface area contributed by atoms with Crippen molar-refractivity contribution in [3.05, 3.63) is 47.1 Å². The fraction of sp³-hybridized carbons (Fsp3) is 0.400. The van der Waals surface area contributed by atoms with Crippen LogP contribution in [-0.4, -0.2) is 37.8 Å². The molecule has 0 amide bonds. The minimum atomic E-state index is 0.294. The molecule has 1 aliphatic carbocycles. The predicted molar refractivity (Wildman–Crippen MR) is 112 cm³/mol. The first-order valence-corrected chi connectivity index (χ1v) is 11.0. The van der Waals surface area contributed by atoms with Crippen molar-refractivity contribution in [2.45, 2.75) is 32.1 Å². The van der Waals surface area contributed by atoms with Crippen LogP contribution in [0.3, 0.4) is 0 Å². The van der Waals surface area contributed by atoms with E-state index in [0.29, 0.717) is 22.2 Å². The van der Waals surface area contributed by atoms with Crippen molar-refractivity contribution in [3.8, 4) is 11.4 Å². The Morgan fingerprint density at radius 2 is 2.10 bits per heavy atom. The molecule has 4 heterocycles. The number of anilines is 1. The number of halogens is 1. The zero-order chi connectivity index (χ0) is 19.6. The number of rotatable bonds is 3. The van der Waals surface area contributed by atoms with E-state index in [1.165, 1.54) is 0 Å². The minimum Gasteiger partial charge on any atom is -0.347 e. The number of hydrogen-bond donors (Lipinski definition) is 0. The Labute approximate surface area is 176 Å². The summed E-state index contributed by atoms with van der Waals surface area (Å²) >= 11 is 7.74. The van der Waals surface area contributed by atoms with Gasteiger partial charge in [-0.05, 0) is 43.7 Å². The van der Waals surface area contributed by atoms with Crippen LogP contribution in [0.5, 0.6) is 0 Å². The van der Waals surface area contributed by atoms with Gasteiger partial charge in [-0.25, -0.2) is 9.50 Å². The van der Waals surface area contributed by atoms with Gasteiger partial charge in [-0.1, -0.05) is 40.2 Å². The third kappa shape index (κ3) is 2.93. The summed E-state index contributed by atoms with van der Waals surface area (Å²) in [6.07, 6.45) is 5.34. The van der Waals surface area contributed by atoms with Gasteiger partial charge in [-0.2, -0.15) is 4.98 Å². The van der Waals surface area contributed by atoms with Crippen LogP contribution in [0.25, 0.3) is 16.3 Å². The molecular weight excluding hydrogens is 408 g/mol. The molecule has 148 valence electrons. The van der Waals surface area contributed by atoms with Crippen LogP contribution in [0.4, 0.5) is 5.13 Å². The summed E-state index contributed by atoms with van der Waals surface area (Å²) < 4.78 is 7.51. The molecule has 29 heavy (non-hydrogen) atoms. The van der Waals surface area contributed by atoms with Crippen LogP contribution in [0.2, 0.25) is 5.02 Å². The smallest absolute Gasteiger partial charge is 0.230 e. The van der Waals surface area contributed by atoms with Gasteiger partial charge in [0.25, 0.3) is 0 Å². The number of imidazole rings is 1. The van der Waals surface area contributed by atoms with Gasteiger partial charge in [0.05, 0.1) is 11.9 Å². The average Bonchev–Trinajstić information content (AvgIpc) is 3.08. The summed E-state index contributed by atoms with van der Waals surface area (Å²) in [5, 5.41) is 10.6. The Kier molecular flexibility index (Phi) is 3.77. The van der Waals surface area contributed by atoms with Crippen LogP contribution in [-0.2, 0) is 0 Å². The molecule has 6 rings (SSSR count). The largest absolute Gasteiger partial charge is 0.347 e. The van der Waals surface area contributed by atoms with Gasteiger partial charge in [0.2, 0.25) is 21.8 Å². The molecule has 1 aliphatic heterocycles. The molecule has 2 aliphatic rings. The summed E-state index contributed by atoms with van der Waals surface area (Å²) in [6, 6.07) is 7.56. The molecule has 4 aromatic rings. The van der Waals surface area contributed by atoms with Crippen LogP contribution < -0.4 is 4.90 Å². The van der Waals surface area contributed by atoms with Crippen LogP contribution >= 0.6 is 22.9 Å². The number of aryl methyl sites for hydroxylation is 1. The second-order valence-electron chi connectivity index (χ2n) is 8.07. The SMILES string of the molecule is Cc1cn2nc(N3CCC4(CC3)CC4c3nc(-c4cccc(Cl)c4)no3)sc2n1. The lowest BCUT2D eigenvalue weighted by Crippen LogP contribution is -2.35. The highest BCUT2D eigenvalue weighted by Crippen LogP contribution is 2.64. The lowest BCUT2D eigenvalue weighted by atomic mass is 9.91. The molecule has 2 fully saturated rings. The van der Waals surface area contributed by atoms with Gasteiger partial charge in [0.1, 0.15) is 0 Å². The maximum Gasteiger partial charge on any atom is 0.230 e. The molecule has 0 N–H and O–H groups in total. The molecule has 7 nitrogen and oxygen atoms in total. The lowest BCUT2D eigenvalue weighted by molar-refractivity contribution is 0.326. The normalized spacial score (nSPS) is 20.6. The topological polar surface area (TPSA) is 72.3 Å². The molecule has 1 saturated heterocycles. The van der Waals surface area contributed by atoms with Crippen molar-refractivity contribution in [2.24, 2.45) is 5.41 Å².